The first-order valence-corrected chi connectivity index (χ1v) is 11.1. The van der Waals surface area contributed by atoms with Crippen molar-refractivity contribution in [1.29, 1.82) is 0 Å². The van der Waals surface area contributed by atoms with Gasteiger partial charge in [-0.2, -0.15) is 0 Å². The Morgan fingerprint density at radius 3 is 2.77 bits per heavy atom. The highest BCUT2D eigenvalue weighted by Crippen LogP contribution is 2.27. The molecule has 1 aliphatic heterocycles. The van der Waals surface area contributed by atoms with Gasteiger partial charge in [-0.3, -0.25) is 9.69 Å². The van der Waals surface area contributed by atoms with Crippen LogP contribution in [0, 0.1) is 6.92 Å². The molecule has 6 nitrogen and oxygen atoms in total. The highest BCUT2D eigenvalue weighted by molar-refractivity contribution is 7.13. The highest BCUT2D eigenvalue weighted by atomic mass is 35.5. The molecule has 0 saturated carbocycles. The quantitative estimate of drug-likeness (QED) is 0.567. The number of piperazine rings is 1. The number of rotatable bonds is 6. The van der Waals surface area contributed by atoms with E-state index in [0.717, 1.165) is 41.5 Å². The number of aryl methyl sites for hydroxylation is 1. The molecule has 1 fully saturated rings. The molecular weight excluding hydrogens is 422 g/mol. The molecule has 158 valence electrons. The normalized spacial score (nSPS) is 14.8. The lowest BCUT2D eigenvalue weighted by Crippen LogP contribution is -2.48. The van der Waals surface area contributed by atoms with Gasteiger partial charge in [-0.05, 0) is 36.6 Å². The van der Waals surface area contributed by atoms with Crippen molar-refractivity contribution in [3.05, 3.63) is 57.8 Å². The predicted molar refractivity (Wildman–Crippen MR) is 118 cm³/mol. The first-order valence-electron chi connectivity index (χ1n) is 9.86. The Balaban J connectivity index is 1.33. The average Bonchev–Trinajstić information content (AvgIpc) is 3.39. The largest absolute Gasteiger partial charge is 0.496 e. The lowest BCUT2D eigenvalue weighted by molar-refractivity contribution is -0.132. The molecule has 8 heteroatoms. The van der Waals surface area contributed by atoms with Crippen LogP contribution < -0.4 is 4.74 Å². The second kappa shape index (κ2) is 9.20. The van der Waals surface area contributed by atoms with Gasteiger partial charge >= 0.3 is 0 Å². The van der Waals surface area contributed by atoms with Crippen molar-refractivity contribution in [2.24, 2.45) is 0 Å². The number of ether oxygens (including phenoxy) is 1. The van der Waals surface area contributed by atoms with Gasteiger partial charge < -0.3 is 14.1 Å². The van der Waals surface area contributed by atoms with Crippen molar-refractivity contribution in [3.63, 3.8) is 0 Å². The molecule has 3 heterocycles. The molecule has 30 heavy (non-hydrogen) atoms. The zero-order valence-corrected chi connectivity index (χ0v) is 18.6. The van der Waals surface area contributed by atoms with Gasteiger partial charge in [0.2, 0.25) is 11.8 Å². The SMILES string of the molecule is COc1ccc(Cl)cc1CN1CCN(C(=O)Cc2nc(-c3cccs3)oc2C)CC1. The summed E-state index contributed by atoms with van der Waals surface area (Å²) < 4.78 is 11.2. The molecule has 3 aromatic rings. The molecular formula is C22H24ClN3O3S. The molecule has 1 aliphatic rings. The van der Waals surface area contributed by atoms with Crippen LogP contribution in [0.25, 0.3) is 10.8 Å². The Morgan fingerprint density at radius 2 is 2.07 bits per heavy atom. The summed E-state index contributed by atoms with van der Waals surface area (Å²) >= 11 is 7.72. The third-order valence-corrected chi connectivity index (χ3v) is 6.40. The van der Waals surface area contributed by atoms with Crippen molar-refractivity contribution >= 4 is 28.8 Å². The summed E-state index contributed by atoms with van der Waals surface area (Å²) in [5.41, 5.74) is 1.78. The maximum absolute atomic E-state index is 12.8. The second-order valence-electron chi connectivity index (χ2n) is 7.29. The number of carbonyl (C=O) groups is 1. The number of carbonyl (C=O) groups excluding carboxylic acids is 1. The van der Waals surface area contributed by atoms with Gasteiger partial charge in [0.15, 0.2) is 0 Å². The highest BCUT2D eigenvalue weighted by Gasteiger charge is 2.24. The fourth-order valence-corrected chi connectivity index (χ4v) is 4.46. The van der Waals surface area contributed by atoms with Crippen molar-refractivity contribution in [2.45, 2.75) is 19.9 Å². The number of hydrogen-bond donors (Lipinski definition) is 0. The number of halogens is 1. The molecule has 0 atom stereocenters. The van der Waals surface area contributed by atoms with Crippen LogP contribution >= 0.6 is 22.9 Å². The topological polar surface area (TPSA) is 58.8 Å². The molecule has 1 aromatic carbocycles. The Morgan fingerprint density at radius 1 is 1.27 bits per heavy atom. The third kappa shape index (κ3) is 4.69. The van der Waals surface area contributed by atoms with Gasteiger partial charge in [-0.15, -0.1) is 11.3 Å². The van der Waals surface area contributed by atoms with E-state index in [1.165, 1.54) is 0 Å². The van der Waals surface area contributed by atoms with E-state index in [1.54, 1.807) is 18.4 Å². The van der Waals surface area contributed by atoms with Crippen LogP contribution in [-0.4, -0.2) is 54.0 Å². The lowest BCUT2D eigenvalue weighted by Gasteiger charge is -2.35. The smallest absolute Gasteiger partial charge is 0.236 e. The number of nitrogens with zero attached hydrogens (tertiary/aromatic N) is 3. The van der Waals surface area contributed by atoms with E-state index in [9.17, 15) is 4.79 Å². The zero-order valence-electron chi connectivity index (χ0n) is 17.1. The molecule has 4 rings (SSSR count). The molecule has 0 N–H and O–H groups in total. The number of methoxy groups -OCH3 is 1. The second-order valence-corrected chi connectivity index (χ2v) is 8.67. The van der Waals surface area contributed by atoms with Crippen molar-refractivity contribution in [2.75, 3.05) is 33.3 Å². The fourth-order valence-electron chi connectivity index (χ4n) is 3.62. The minimum Gasteiger partial charge on any atom is -0.496 e. The van der Waals surface area contributed by atoms with Crippen LogP contribution in [0.5, 0.6) is 5.75 Å². The summed E-state index contributed by atoms with van der Waals surface area (Å²) in [6, 6.07) is 9.59. The minimum atomic E-state index is 0.0871. The number of thiophene rings is 1. The van der Waals surface area contributed by atoms with Gasteiger partial charge in [0, 0.05) is 43.3 Å². The number of oxazole rings is 1. The Labute approximate surface area is 185 Å². The van der Waals surface area contributed by atoms with E-state index in [4.69, 9.17) is 20.8 Å². The van der Waals surface area contributed by atoms with E-state index < -0.39 is 0 Å². The molecule has 2 aromatic heterocycles. The lowest BCUT2D eigenvalue weighted by atomic mass is 10.1. The number of hydrogen-bond acceptors (Lipinski definition) is 6. The summed E-state index contributed by atoms with van der Waals surface area (Å²) in [5, 5.41) is 2.68. The summed E-state index contributed by atoms with van der Waals surface area (Å²) in [6.07, 6.45) is 0.267. The molecule has 0 aliphatic carbocycles. The van der Waals surface area contributed by atoms with Crippen LogP contribution in [0.4, 0.5) is 0 Å². The first-order chi connectivity index (χ1) is 14.5. The zero-order chi connectivity index (χ0) is 21.1. The van der Waals surface area contributed by atoms with E-state index in [-0.39, 0.29) is 12.3 Å². The van der Waals surface area contributed by atoms with Crippen LogP contribution in [0.2, 0.25) is 5.02 Å². The number of aromatic nitrogens is 1. The maximum Gasteiger partial charge on any atom is 0.236 e. The standard InChI is InChI=1S/C22H24ClN3O3S/c1-15-18(24-22(29-15)20-4-3-11-30-20)13-21(27)26-9-7-25(8-10-26)14-16-12-17(23)5-6-19(16)28-2/h3-6,11-12H,7-10,13-14H2,1-2H3. The number of benzene rings is 1. The molecule has 0 spiro atoms. The molecule has 1 saturated heterocycles. The fraction of sp³-hybridized carbons (Fsp3) is 0.364. The molecule has 1 amide bonds. The van der Waals surface area contributed by atoms with Crippen LogP contribution in [0.15, 0.2) is 40.1 Å². The Hall–Kier alpha value is -2.35. The van der Waals surface area contributed by atoms with Crippen molar-refractivity contribution in [1.82, 2.24) is 14.8 Å². The molecule has 0 bridgehead atoms. The summed E-state index contributed by atoms with van der Waals surface area (Å²) in [6.45, 7) is 5.60. The van der Waals surface area contributed by atoms with E-state index in [1.807, 2.05) is 47.5 Å². The van der Waals surface area contributed by atoms with Crippen LogP contribution in [-0.2, 0) is 17.8 Å². The van der Waals surface area contributed by atoms with Gasteiger partial charge in [-0.1, -0.05) is 17.7 Å². The molecule has 0 unspecified atom stereocenters. The Bertz CT molecular complexity index is 1010. The Kier molecular flexibility index (Phi) is 6.41. The van der Waals surface area contributed by atoms with Gasteiger partial charge in [-0.25, -0.2) is 4.98 Å². The monoisotopic (exact) mass is 445 g/mol. The van der Waals surface area contributed by atoms with Gasteiger partial charge in [0.05, 0.1) is 24.1 Å². The first kappa shape index (κ1) is 20.9. The van der Waals surface area contributed by atoms with Crippen molar-refractivity contribution in [3.8, 4) is 16.5 Å². The minimum absolute atomic E-state index is 0.0871. The van der Waals surface area contributed by atoms with E-state index >= 15 is 0 Å². The van der Waals surface area contributed by atoms with Gasteiger partial charge in [0.25, 0.3) is 0 Å². The number of amides is 1. The maximum atomic E-state index is 12.8. The average molecular weight is 446 g/mol. The van der Waals surface area contributed by atoms with Crippen molar-refractivity contribution < 1.29 is 13.9 Å². The van der Waals surface area contributed by atoms with Crippen LogP contribution in [0.1, 0.15) is 17.0 Å². The summed E-state index contributed by atoms with van der Waals surface area (Å²) in [5.74, 6) is 2.22. The third-order valence-electron chi connectivity index (χ3n) is 5.30. The van der Waals surface area contributed by atoms with Gasteiger partial charge in [0.1, 0.15) is 11.5 Å². The molecule has 0 radical (unpaired) electrons. The summed E-state index contributed by atoms with van der Waals surface area (Å²) in [4.78, 5) is 22.6. The van der Waals surface area contributed by atoms with E-state index in [0.29, 0.717) is 29.8 Å². The predicted octanol–water partition coefficient (Wildman–Crippen LogP) is 4.26. The summed E-state index contributed by atoms with van der Waals surface area (Å²) in [7, 11) is 1.67. The van der Waals surface area contributed by atoms with E-state index in [2.05, 4.69) is 9.88 Å². The van der Waals surface area contributed by atoms with Crippen LogP contribution in [0.3, 0.4) is 0 Å².